The van der Waals surface area contributed by atoms with Crippen LogP contribution < -0.4 is 0 Å². The highest BCUT2D eigenvalue weighted by Crippen LogP contribution is 2.21. The molecule has 24 heavy (non-hydrogen) atoms. The maximum Gasteiger partial charge on any atom is 0.216 e. The molecule has 4 aromatic rings. The van der Waals surface area contributed by atoms with E-state index in [4.69, 9.17) is 0 Å². The van der Waals surface area contributed by atoms with Gasteiger partial charge in [-0.05, 0) is 30.3 Å². The zero-order valence-electron chi connectivity index (χ0n) is 12.3. The van der Waals surface area contributed by atoms with Crippen molar-refractivity contribution in [2.24, 2.45) is 0 Å². The summed E-state index contributed by atoms with van der Waals surface area (Å²) >= 11 is 0. The number of rotatable bonds is 3. The van der Waals surface area contributed by atoms with Crippen molar-refractivity contribution in [1.29, 1.82) is 0 Å². The first-order valence-electron chi connectivity index (χ1n) is 7.13. The van der Waals surface area contributed by atoms with Gasteiger partial charge in [0.15, 0.2) is 5.65 Å². The van der Waals surface area contributed by atoms with Gasteiger partial charge in [0, 0.05) is 24.2 Å². The second-order valence-corrected chi connectivity index (χ2v) is 5.06. The molecule has 7 heteroatoms. The lowest BCUT2D eigenvalue weighted by molar-refractivity contribution is 0.103. The Balaban J connectivity index is 1.84. The van der Waals surface area contributed by atoms with Crippen molar-refractivity contribution >= 4 is 11.4 Å². The minimum atomic E-state index is -0.497. The van der Waals surface area contributed by atoms with Crippen molar-refractivity contribution < 1.29 is 9.18 Å². The molecule has 0 saturated heterocycles. The topological polar surface area (TPSA) is 73.0 Å². The molecule has 4 heterocycles. The maximum absolute atomic E-state index is 13.0. The lowest BCUT2D eigenvalue weighted by Crippen LogP contribution is -2.05. The van der Waals surface area contributed by atoms with Crippen LogP contribution in [-0.2, 0) is 0 Å². The molecule has 0 unspecified atom stereocenters. The average molecular weight is 319 g/mol. The fourth-order valence-electron chi connectivity index (χ4n) is 2.43. The Labute approximate surface area is 135 Å². The SMILES string of the molecule is O=C(c1ccc(F)cn1)c1cnn2c(-c3cccnc3)ccnc12. The van der Waals surface area contributed by atoms with Gasteiger partial charge in [-0.15, -0.1) is 0 Å². The molecule has 6 nitrogen and oxygen atoms in total. The van der Waals surface area contributed by atoms with Gasteiger partial charge in [-0.2, -0.15) is 5.10 Å². The summed E-state index contributed by atoms with van der Waals surface area (Å²) in [5.74, 6) is -0.857. The Hall–Kier alpha value is -3.48. The van der Waals surface area contributed by atoms with E-state index < -0.39 is 5.82 Å². The molecule has 0 bridgehead atoms. The van der Waals surface area contributed by atoms with Crippen LogP contribution in [0, 0.1) is 5.82 Å². The van der Waals surface area contributed by atoms with E-state index in [1.807, 2.05) is 12.1 Å². The number of fused-ring (bicyclic) bond motifs is 1. The fraction of sp³-hybridized carbons (Fsp3) is 0. The monoisotopic (exact) mass is 319 g/mol. The van der Waals surface area contributed by atoms with Crippen molar-refractivity contribution in [2.75, 3.05) is 0 Å². The van der Waals surface area contributed by atoms with Crippen LogP contribution in [0.15, 0.2) is 61.3 Å². The third-order valence-corrected chi connectivity index (χ3v) is 3.56. The predicted octanol–water partition coefficient (Wildman–Crippen LogP) is 2.56. The number of aromatic nitrogens is 5. The Bertz CT molecular complexity index is 1030. The highest BCUT2D eigenvalue weighted by atomic mass is 19.1. The Morgan fingerprint density at radius 3 is 2.67 bits per heavy atom. The van der Waals surface area contributed by atoms with E-state index >= 15 is 0 Å². The van der Waals surface area contributed by atoms with Gasteiger partial charge in [0.1, 0.15) is 11.5 Å². The third kappa shape index (κ3) is 2.32. The third-order valence-electron chi connectivity index (χ3n) is 3.56. The molecule has 0 aliphatic heterocycles. The van der Waals surface area contributed by atoms with Crippen LogP contribution in [0.2, 0.25) is 0 Å². The van der Waals surface area contributed by atoms with E-state index in [1.54, 1.807) is 29.2 Å². The van der Waals surface area contributed by atoms with Gasteiger partial charge in [-0.3, -0.25) is 9.78 Å². The van der Waals surface area contributed by atoms with E-state index in [0.717, 1.165) is 17.5 Å². The van der Waals surface area contributed by atoms with Gasteiger partial charge in [0.05, 0.1) is 23.7 Å². The molecule has 4 rings (SSSR count). The number of hydrogen-bond acceptors (Lipinski definition) is 5. The largest absolute Gasteiger partial charge is 0.287 e. The van der Waals surface area contributed by atoms with Crippen LogP contribution in [-0.4, -0.2) is 30.3 Å². The summed E-state index contributed by atoms with van der Waals surface area (Å²) < 4.78 is 14.6. The van der Waals surface area contributed by atoms with Gasteiger partial charge in [-0.1, -0.05) is 0 Å². The first-order valence-corrected chi connectivity index (χ1v) is 7.13. The molecule has 0 aliphatic rings. The number of ketones is 1. The van der Waals surface area contributed by atoms with Crippen LogP contribution in [0.3, 0.4) is 0 Å². The minimum Gasteiger partial charge on any atom is -0.287 e. The first kappa shape index (κ1) is 14.1. The molecular formula is C17H10FN5O. The minimum absolute atomic E-state index is 0.139. The lowest BCUT2D eigenvalue weighted by atomic mass is 10.1. The second kappa shape index (κ2) is 5.62. The van der Waals surface area contributed by atoms with Crippen LogP contribution in [0.25, 0.3) is 16.9 Å². The lowest BCUT2D eigenvalue weighted by Gasteiger charge is -2.04. The zero-order valence-corrected chi connectivity index (χ0v) is 12.3. The molecule has 116 valence electrons. The smallest absolute Gasteiger partial charge is 0.216 e. The van der Waals surface area contributed by atoms with Crippen molar-refractivity contribution in [3.05, 3.63) is 78.4 Å². The van der Waals surface area contributed by atoms with Crippen LogP contribution >= 0.6 is 0 Å². The number of carbonyl (C=O) groups excluding carboxylic acids is 1. The van der Waals surface area contributed by atoms with Crippen LogP contribution in [0.5, 0.6) is 0 Å². The molecule has 0 radical (unpaired) electrons. The molecule has 0 N–H and O–H groups in total. The number of halogens is 1. The van der Waals surface area contributed by atoms with Gasteiger partial charge in [0.2, 0.25) is 5.78 Å². The molecule has 0 aromatic carbocycles. The van der Waals surface area contributed by atoms with E-state index in [2.05, 4.69) is 20.1 Å². The highest BCUT2D eigenvalue weighted by Gasteiger charge is 2.18. The predicted molar refractivity (Wildman–Crippen MR) is 83.8 cm³/mol. The summed E-state index contributed by atoms with van der Waals surface area (Å²) in [4.78, 5) is 24.8. The summed E-state index contributed by atoms with van der Waals surface area (Å²) in [5, 5.41) is 4.26. The van der Waals surface area contributed by atoms with Crippen molar-refractivity contribution in [3.8, 4) is 11.3 Å². The summed E-state index contributed by atoms with van der Waals surface area (Å²) in [6.07, 6.45) is 7.44. The molecule has 0 aliphatic carbocycles. The van der Waals surface area contributed by atoms with Gasteiger partial charge in [0.25, 0.3) is 0 Å². The number of nitrogens with zero attached hydrogens (tertiary/aromatic N) is 5. The molecule has 0 spiro atoms. The molecule has 4 aromatic heterocycles. The van der Waals surface area contributed by atoms with Gasteiger partial charge in [-0.25, -0.2) is 18.9 Å². The summed E-state index contributed by atoms with van der Waals surface area (Å²) in [7, 11) is 0. The number of hydrogen-bond donors (Lipinski definition) is 0. The Morgan fingerprint density at radius 1 is 1.00 bits per heavy atom. The Morgan fingerprint density at radius 2 is 1.92 bits per heavy atom. The van der Waals surface area contributed by atoms with E-state index in [1.165, 1.54) is 18.3 Å². The van der Waals surface area contributed by atoms with Gasteiger partial charge < -0.3 is 0 Å². The maximum atomic E-state index is 13.0. The van der Waals surface area contributed by atoms with E-state index in [-0.39, 0.29) is 11.5 Å². The standard InChI is InChI=1S/C17H10FN5O/c18-12-3-4-14(21-9-12)16(24)13-10-22-23-15(5-7-20-17(13)23)11-2-1-6-19-8-11/h1-10H. The van der Waals surface area contributed by atoms with Crippen molar-refractivity contribution in [2.45, 2.75) is 0 Å². The van der Waals surface area contributed by atoms with Gasteiger partial charge >= 0.3 is 0 Å². The number of pyridine rings is 2. The van der Waals surface area contributed by atoms with Crippen molar-refractivity contribution in [1.82, 2.24) is 24.6 Å². The second-order valence-electron chi connectivity index (χ2n) is 5.06. The zero-order chi connectivity index (χ0) is 16.5. The fourth-order valence-corrected chi connectivity index (χ4v) is 2.43. The molecular weight excluding hydrogens is 309 g/mol. The summed E-state index contributed by atoms with van der Waals surface area (Å²) in [6.45, 7) is 0. The number of carbonyl (C=O) groups is 1. The molecule has 0 atom stereocenters. The van der Waals surface area contributed by atoms with E-state index in [9.17, 15) is 9.18 Å². The quantitative estimate of drug-likeness (QED) is 0.543. The molecule has 0 saturated carbocycles. The first-order chi connectivity index (χ1) is 11.7. The average Bonchev–Trinajstić information content (AvgIpc) is 3.06. The van der Waals surface area contributed by atoms with Crippen LogP contribution in [0.4, 0.5) is 4.39 Å². The van der Waals surface area contributed by atoms with Crippen LogP contribution in [0.1, 0.15) is 16.1 Å². The molecule has 0 amide bonds. The summed E-state index contributed by atoms with van der Waals surface area (Å²) in [6, 6.07) is 8.04. The van der Waals surface area contributed by atoms with E-state index in [0.29, 0.717) is 11.2 Å². The Kier molecular flexibility index (Phi) is 3.31. The highest BCUT2D eigenvalue weighted by molar-refractivity contribution is 6.11. The molecule has 0 fully saturated rings. The normalized spacial score (nSPS) is 10.9. The van der Waals surface area contributed by atoms with Crippen molar-refractivity contribution in [3.63, 3.8) is 0 Å². The summed E-state index contributed by atoms with van der Waals surface area (Å²) in [5.41, 5.74) is 2.47.